The number of benzene rings is 1. The molecule has 0 spiro atoms. The van der Waals surface area contributed by atoms with Gasteiger partial charge in [0.25, 0.3) is 0 Å². The van der Waals surface area contributed by atoms with E-state index in [0.717, 1.165) is 35.2 Å². The number of para-hydroxylation sites is 1. The Balaban J connectivity index is 1.98. The van der Waals surface area contributed by atoms with Crippen molar-refractivity contribution in [2.24, 2.45) is 0 Å². The second-order valence-corrected chi connectivity index (χ2v) is 4.66. The van der Waals surface area contributed by atoms with Crippen LogP contribution in [0, 0.1) is 0 Å². The lowest BCUT2D eigenvalue weighted by Gasteiger charge is -2.18. The van der Waals surface area contributed by atoms with Gasteiger partial charge in [0, 0.05) is 31.6 Å². The molecule has 0 unspecified atom stereocenters. The maximum absolute atomic E-state index is 6.19. The van der Waals surface area contributed by atoms with Gasteiger partial charge in [0.05, 0.1) is 23.1 Å². The van der Waals surface area contributed by atoms with Crippen LogP contribution in [0.2, 0.25) is 0 Å². The molecule has 0 saturated carbocycles. The lowest BCUT2D eigenvalue weighted by Crippen LogP contribution is -2.21. The monoisotopic (exact) mass is 289 g/mol. The van der Waals surface area contributed by atoms with Crippen LogP contribution in [0.5, 0.6) is 0 Å². The van der Waals surface area contributed by atoms with E-state index in [1.807, 2.05) is 38.1 Å². The molecule has 0 atom stereocenters. The summed E-state index contributed by atoms with van der Waals surface area (Å²) in [6.07, 6.45) is 2.35. The van der Waals surface area contributed by atoms with E-state index in [2.05, 4.69) is 10.3 Å². The zero-order valence-electron chi connectivity index (χ0n) is 12.6. The fraction of sp³-hybridized carbons (Fsp3) is 0.438. The molecule has 21 heavy (non-hydrogen) atoms. The van der Waals surface area contributed by atoms with E-state index in [4.69, 9.17) is 15.2 Å². The summed E-state index contributed by atoms with van der Waals surface area (Å²) in [5, 5.41) is 4.27. The molecule has 0 aliphatic rings. The molecular formula is C16H23N3O2. The Morgan fingerprint density at radius 3 is 2.62 bits per heavy atom. The fourth-order valence-corrected chi connectivity index (χ4v) is 2.21. The number of anilines is 2. The molecule has 1 heterocycles. The van der Waals surface area contributed by atoms with E-state index in [9.17, 15) is 0 Å². The van der Waals surface area contributed by atoms with Gasteiger partial charge in [-0.2, -0.15) is 0 Å². The lowest BCUT2D eigenvalue weighted by molar-refractivity contribution is -0.137. The Morgan fingerprint density at radius 2 is 1.90 bits per heavy atom. The fourth-order valence-electron chi connectivity index (χ4n) is 2.21. The van der Waals surface area contributed by atoms with Crippen molar-refractivity contribution in [2.75, 3.05) is 30.8 Å². The largest absolute Gasteiger partial charge is 0.396 e. The Kier molecular flexibility index (Phi) is 5.78. The van der Waals surface area contributed by atoms with E-state index in [1.54, 1.807) is 6.20 Å². The average Bonchev–Trinajstić information content (AvgIpc) is 2.50. The van der Waals surface area contributed by atoms with Gasteiger partial charge < -0.3 is 20.5 Å². The van der Waals surface area contributed by atoms with Crippen molar-refractivity contribution in [3.05, 3.63) is 30.5 Å². The highest BCUT2D eigenvalue weighted by molar-refractivity contribution is 5.96. The number of fused-ring (bicyclic) bond motifs is 1. The molecular weight excluding hydrogens is 266 g/mol. The molecule has 5 nitrogen and oxygen atoms in total. The minimum Gasteiger partial charge on any atom is -0.396 e. The molecule has 0 amide bonds. The molecule has 0 bridgehead atoms. The highest BCUT2D eigenvalue weighted by atomic mass is 16.7. The van der Waals surface area contributed by atoms with Crippen LogP contribution in [0.25, 0.3) is 10.9 Å². The quantitative estimate of drug-likeness (QED) is 0.731. The predicted molar refractivity (Wildman–Crippen MR) is 86.3 cm³/mol. The van der Waals surface area contributed by atoms with Crippen molar-refractivity contribution in [1.82, 2.24) is 4.98 Å². The summed E-state index contributed by atoms with van der Waals surface area (Å²) >= 11 is 0. The zero-order valence-corrected chi connectivity index (χ0v) is 12.6. The molecule has 1 aromatic carbocycles. The zero-order chi connectivity index (χ0) is 15.1. The average molecular weight is 289 g/mol. The number of nitrogens with one attached hydrogen (secondary N) is 1. The van der Waals surface area contributed by atoms with Gasteiger partial charge in [0.15, 0.2) is 6.29 Å². The van der Waals surface area contributed by atoms with Gasteiger partial charge in [0.1, 0.15) is 0 Å². The number of hydrogen-bond donors (Lipinski definition) is 2. The van der Waals surface area contributed by atoms with Crippen LogP contribution < -0.4 is 11.1 Å². The van der Waals surface area contributed by atoms with Crippen LogP contribution >= 0.6 is 0 Å². The molecule has 0 radical (unpaired) electrons. The summed E-state index contributed by atoms with van der Waals surface area (Å²) in [6, 6.07) is 7.85. The highest BCUT2D eigenvalue weighted by Gasteiger charge is 2.09. The number of hydrogen-bond acceptors (Lipinski definition) is 5. The summed E-state index contributed by atoms with van der Waals surface area (Å²) in [4.78, 5) is 4.41. The predicted octanol–water partition coefficient (Wildman–Crippen LogP) is 3.02. The Morgan fingerprint density at radius 1 is 1.19 bits per heavy atom. The minimum absolute atomic E-state index is 0.179. The van der Waals surface area contributed by atoms with Crippen LogP contribution in [-0.2, 0) is 9.47 Å². The van der Waals surface area contributed by atoms with E-state index >= 15 is 0 Å². The van der Waals surface area contributed by atoms with Crippen molar-refractivity contribution < 1.29 is 9.47 Å². The van der Waals surface area contributed by atoms with Crippen LogP contribution in [-0.4, -0.2) is 31.0 Å². The normalized spacial score (nSPS) is 11.2. The molecule has 0 aliphatic carbocycles. The van der Waals surface area contributed by atoms with Crippen LogP contribution in [0.3, 0.4) is 0 Å². The van der Waals surface area contributed by atoms with Gasteiger partial charge in [-0.1, -0.05) is 18.2 Å². The summed E-state index contributed by atoms with van der Waals surface area (Å²) in [5.41, 5.74) is 8.67. The molecule has 114 valence electrons. The molecule has 1 aromatic heterocycles. The maximum Gasteiger partial charge on any atom is 0.159 e. The van der Waals surface area contributed by atoms with Crippen molar-refractivity contribution in [3.63, 3.8) is 0 Å². The molecule has 0 saturated heterocycles. The number of rotatable bonds is 8. The number of nitrogen functional groups attached to an aromatic ring is 1. The van der Waals surface area contributed by atoms with Crippen LogP contribution in [0.4, 0.5) is 11.4 Å². The number of aromatic nitrogens is 1. The van der Waals surface area contributed by atoms with Gasteiger partial charge in [-0.05, 0) is 19.9 Å². The number of ether oxygens (including phenoxy) is 2. The molecule has 0 fully saturated rings. The summed E-state index contributed by atoms with van der Waals surface area (Å²) in [7, 11) is 0. The Bertz CT molecular complexity index is 568. The van der Waals surface area contributed by atoms with Gasteiger partial charge in [0.2, 0.25) is 0 Å². The first kappa shape index (κ1) is 15.5. The van der Waals surface area contributed by atoms with E-state index in [1.165, 1.54) is 0 Å². The first-order chi connectivity index (χ1) is 10.3. The maximum atomic E-state index is 6.19. The molecule has 3 N–H and O–H groups in total. The van der Waals surface area contributed by atoms with Gasteiger partial charge >= 0.3 is 0 Å². The van der Waals surface area contributed by atoms with E-state index < -0.39 is 0 Å². The number of nitrogens with zero attached hydrogens (tertiary/aromatic N) is 1. The molecule has 5 heteroatoms. The van der Waals surface area contributed by atoms with Crippen LogP contribution in [0.15, 0.2) is 30.5 Å². The molecule has 0 aliphatic heterocycles. The van der Waals surface area contributed by atoms with Crippen molar-refractivity contribution in [1.29, 1.82) is 0 Å². The summed E-state index contributed by atoms with van der Waals surface area (Å²) < 4.78 is 11.0. The van der Waals surface area contributed by atoms with Gasteiger partial charge in [-0.25, -0.2) is 0 Å². The third kappa shape index (κ3) is 4.06. The first-order valence-electron chi connectivity index (χ1n) is 7.36. The first-order valence-corrected chi connectivity index (χ1v) is 7.36. The second-order valence-electron chi connectivity index (χ2n) is 4.66. The van der Waals surface area contributed by atoms with Crippen molar-refractivity contribution in [2.45, 2.75) is 26.6 Å². The SMILES string of the molecule is CCOC(CCNc1cnc2ccccc2c1N)OCC. The third-order valence-corrected chi connectivity index (χ3v) is 3.22. The standard InChI is InChI=1S/C16H23N3O2/c1-3-20-15(21-4-2)9-10-18-14-11-19-13-8-6-5-7-12(13)16(14)17/h5-8,11,15,18H,3-4,9-10H2,1-2H3,(H2,17,19). The Labute approximate surface area is 125 Å². The smallest absolute Gasteiger partial charge is 0.159 e. The van der Waals surface area contributed by atoms with Crippen molar-refractivity contribution in [3.8, 4) is 0 Å². The number of pyridine rings is 1. The summed E-state index contributed by atoms with van der Waals surface area (Å²) in [6.45, 7) is 5.93. The molecule has 2 rings (SSSR count). The van der Waals surface area contributed by atoms with E-state index in [-0.39, 0.29) is 6.29 Å². The van der Waals surface area contributed by atoms with Gasteiger partial charge in [-0.3, -0.25) is 4.98 Å². The number of nitrogens with two attached hydrogens (primary N) is 1. The lowest BCUT2D eigenvalue weighted by atomic mass is 10.1. The van der Waals surface area contributed by atoms with E-state index in [0.29, 0.717) is 13.2 Å². The Hall–Kier alpha value is -1.85. The summed E-state index contributed by atoms with van der Waals surface area (Å²) in [5.74, 6) is 0. The van der Waals surface area contributed by atoms with Gasteiger partial charge in [-0.15, -0.1) is 0 Å². The minimum atomic E-state index is -0.179. The van der Waals surface area contributed by atoms with Crippen LogP contribution in [0.1, 0.15) is 20.3 Å². The van der Waals surface area contributed by atoms with Crippen molar-refractivity contribution >= 4 is 22.3 Å². The highest BCUT2D eigenvalue weighted by Crippen LogP contribution is 2.26. The topological polar surface area (TPSA) is 69.4 Å². The molecule has 2 aromatic rings. The second kappa shape index (κ2) is 7.81. The third-order valence-electron chi connectivity index (χ3n) is 3.22.